The highest BCUT2D eigenvalue weighted by Gasteiger charge is 2.28. The number of benzene rings is 2. The predicted molar refractivity (Wildman–Crippen MR) is 142 cm³/mol. The van der Waals surface area contributed by atoms with Crippen LogP contribution in [-0.2, 0) is 26.2 Å². The number of unbranched alkanes of at least 4 members (excludes halogenated alkanes) is 1. The number of halogens is 1. The average molecular weight is 520 g/mol. The summed E-state index contributed by atoms with van der Waals surface area (Å²) < 4.78 is 39.5. The van der Waals surface area contributed by atoms with Gasteiger partial charge in [0.15, 0.2) is 0 Å². The summed E-state index contributed by atoms with van der Waals surface area (Å²) in [5.74, 6) is -0.856. The highest BCUT2D eigenvalue weighted by Crippen LogP contribution is 2.20. The van der Waals surface area contributed by atoms with Crippen LogP contribution in [0.3, 0.4) is 0 Å². The highest BCUT2D eigenvalue weighted by atomic mass is 32.2. The van der Waals surface area contributed by atoms with E-state index in [0.29, 0.717) is 24.2 Å². The Labute approximate surface area is 214 Å². The van der Waals surface area contributed by atoms with Gasteiger partial charge in [-0.05, 0) is 56.0 Å². The van der Waals surface area contributed by atoms with E-state index < -0.39 is 16.1 Å². The Morgan fingerprint density at radius 2 is 1.64 bits per heavy atom. The molecular weight excluding hydrogens is 481 g/mol. The SMILES string of the molecule is CCCCNC(=O)[C@H](CC)N(Cc1ccc(F)cc1)C(=O)CCCN(c1ccc(C)cc1)S(C)(=O)=O. The van der Waals surface area contributed by atoms with Crippen molar-refractivity contribution in [2.24, 2.45) is 0 Å². The van der Waals surface area contributed by atoms with Gasteiger partial charge in [-0.15, -0.1) is 0 Å². The molecule has 2 aromatic carbocycles. The van der Waals surface area contributed by atoms with Crippen molar-refractivity contribution in [3.05, 3.63) is 65.5 Å². The minimum absolute atomic E-state index is 0.0673. The van der Waals surface area contributed by atoms with E-state index in [-0.39, 0.29) is 43.6 Å². The fourth-order valence-corrected chi connectivity index (χ4v) is 4.89. The van der Waals surface area contributed by atoms with Crippen LogP contribution in [0, 0.1) is 12.7 Å². The highest BCUT2D eigenvalue weighted by molar-refractivity contribution is 7.92. The van der Waals surface area contributed by atoms with Gasteiger partial charge in [0.05, 0.1) is 11.9 Å². The van der Waals surface area contributed by atoms with Crippen molar-refractivity contribution in [1.29, 1.82) is 0 Å². The van der Waals surface area contributed by atoms with Gasteiger partial charge in [-0.2, -0.15) is 0 Å². The van der Waals surface area contributed by atoms with E-state index in [1.165, 1.54) is 21.3 Å². The van der Waals surface area contributed by atoms with Crippen molar-refractivity contribution in [2.45, 2.75) is 65.5 Å². The molecule has 0 unspecified atom stereocenters. The van der Waals surface area contributed by atoms with E-state index in [9.17, 15) is 22.4 Å². The van der Waals surface area contributed by atoms with Crippen LogP contribution in [-0.4, -0.2) is 50.5 Å². The molecule has 9 heteroatoms. The molecule has 0 aliphatic carbocycles. The minimum Gasteiger partial charge on any atom is -0.354 e. The largest absolute Gasteiger partial charge is 0.354 e. The number of amides is 2. The van der Waals surface area contributed by atoms with Crippen molar-refractivity contribution in [2.75, 3.05) is 23.7 Å². The molecule has 0 saturated carbocycles. The molecule has 0 radical (unpaired) electrons. The van der Waals surface area contributed by atoms with Gasteiger partial charge in [0, 0.05) is 26.1 Å². The summed E-state index contributed by atoms with van der Waals surface area (Å²) in [7, 11) is -3.54. The van der Waals surface area contributed by atoms with E-state index >= 15 is 0 Å². The number of rotatable bonds is 14. The Balaban J connectivity index is 2.18. The number of anilines is 1. The van der Waals surface area contributed by atoms with E-state index in [1.807, 2.05) is 32.9 Å². The number of sulfonamides is 1. The quantitative estimate of drug-likeness (QED) is 0.375. The van der Waals surface area contributed by atoms with Crippen molar-refractivity contribution < 1.29 is 22.4 Å². The second kappa shape index (κ2) is 14.0. The summed E-state index contributed by atoms with van der Waals surface area (Å²) in [6.45, 7) is 6.63. The first-order valence-electron chi connectivity index (χ1n) is 12.4. The summed E-state index contributed by atoms with van der Waals surface area (Å²) in [4.78, 5) is 27.8. The zero-order chi connectivity index (χ0) is 26.7. The number of carbonyl (C=O) groups is 2. The lowest BCUT2D eigenvalue weighted by molar-refractivity contribution is -0.141. The summed E-state index contributed by atoms with van der Waals surface area (Å²) in [6.07, 6.45) is 3.69. The van der Waals surface area contributed by atoms with Crippen LogP contribution in [0.2, 0.25) is 0 Å². The monoisotopic (exact) mass is 519 g/mol. The topological polar surface area (TPSA) is 86.8 Å². The first-order valence-corrected chi connectivity index (χ1v) is 14.3. The lowest BCUT2D eigenvalue weighted by atomic mass is 10.1. The Morgan fingerprint density at radius 1 is 1.00 bits per heavy atom. The molecule has 198 valence electrons. The van der Waals surface area contributed by atoms with Crippen molar-refractivity contribution in [1.82, 2.24) is 10.2 Å². The molecule has 1 atom stereocenters. The molecule has 0 aliphatic rings. The summed E-state index contributed by atoms with van der Waals surface area (Å²) in [5.41, 5.74) is 2.27. The summed E-state index contributed by atoms with van der Waals surface area (Å²) in [5, 5.41) is 2.90. The van der Waals surface area contributed by atoms with Gasteiger partial charge in [0.2, 0.25) is 21.8 Å². The van der Waals surface area contributed by atoms with Crippen LogP contribution in [0.4, 0.5) is 10.1 Å². The smallest absolute Gasteiger partial charge is 0.242 e. The summed E-state index contributed by atoms with van der Waals surface area (Å²) >= 11 is 0. The zero-order valence-corrected chi connectivity index (χ0v) is 22.5. The fourth-order valence-electron chi connectivity index (χ4n) is 3.93. The van der Waals surface area contributed by atoms with Gasteiger partial charge in [0.25, 0.3) is 0 Å². The maximum atomic E-state index is 13.4. The molecule has 0 fully saturated rings. The molecule has 0 aromatic heterocycles. The first kappa shape index (κ1) is 29.3. The first-order chi connectivity index (χ1) is 17.1. The van der Waals surface area contributed by atoms with Gasteiger partial charge in [-0.3, -0.25) is 13.9 Å². The standard InChI is InChI=1S/C27H38FN3O4S/c1-5-7-18-29-27(33)25(6-2)30(20-22-12-14-23(28)15-13-22)26(32)9-8-19-31(36(4,34)35)24-16-10-21(3)11-17-24/h10-17,25H,5-9,18-20H2,1-4H3,(H,29,33)/t25-/m0/s1. The van der Waals surface area contributed by atoms with E-state index in [0.717, 1.165) is 24.7 Å². The van der Waals surface area contributed by atoms with E-state index in [1.54, 1.807) is 24.3 Å². The molecule has 7 nitrogen and oxygen atoms in total. The number of hydrogen-bond donors (Lipinski definition) is 1. The van der Waals surface area contributed by atoms with Gasteiger partial charge in [-0.25, -0.2) is 12.8 Å². The fraction of sp³-hybridized carbons (Fsp3) is 0.481. The van der Waals surface area contributed by atoms with Crippen LogP contribution in [0.25, 0.3) is 0 Å². The Morgan fingerprint density at radius 3 is 2.19 bits per heavy atom. The maximum absolute atomic E-state index is 13.4. The number of nitrogens with zero attached hydrogens (tertiary/aromatic N) is 2. The molecule has 0 bridgehead atoms. The maximum Gasteiger partial charge on any atom is 0.242 e. The molecule has 2 aromatic rings. The number of nitrogens with one attached hydrogen (secondary N) is 1. The third-order valence-electron chi connectivity index (χ3n) is 5.96. The van der Waals surface area contributed by atoms with Crippen LogP contribution in [0.15, 0.2) is 48.5 Å². The van der Waals surface area contributed by atoms with Crippen LogP contribution >= 0.6 is 0 Å². The van der Waals surface area contributed by atoms with Crippen LogP contribution < -0.4 is 9.62 Å². The predicted octanol–water partition coefficient (Wildman–Crippen LogP) is 4.40. The third kappa shape index (κ3) is 8.93. The number of carbonyl (C=O) groups excluding carboxylic acids is 2. The Hall–Kier alpha value is -2.94. The van der Waals surface area contributed by atoms with E-state index in [4.69, 9.17) is 0 Å². The van der Waals surface area contributed by atoms with Gasteiger partial charge < -0.3 is 10.2 Å². The molecule has 36 heavy (non-hydrogen) atoms. The molecule has 0 spiro atoms. The molecule has 2 amide bonds. The van der Waals surface area contributed by atoms with Crippen LogP contribution in [0.1, 0.15) is 57.1 Å². The van der Waals surface area contributed by atoms with Crippen molar-refractivity contribution in [3.8, 4) is 0 Å². The molecule has 2 rings (SSSR count). The normalized spacial score (nSPS) is 12.1. The van der Waals surface area contributed by atoms with Gasteiger partial charge in [-0.1, -0.05) is 50.1 Å². The minimum atomic E-state index is -3.54. The molecule has 0 saturated heterocycles. The van der Waals surface area contributed by atoms with E-state index in [2.05, 4.69) is 5.32 Å². The average Bonchev–Trinajstić information content (AvgIpc) is 2.83. The second-order valence-corrected chi connectivity index (χ2v) is 10.9. The Bertz CT molecular complexity index is 1090. The number of hydrogen-bond acceptors (Lipinski definition) is 4. The van der Waals surface area contributed by atoms with Gasteiger partial charge in [0.1, 0.15) is 11.9 Å². The summed E-state index contributed by atoms with van der Waals surface area (Å²) in [6, 6.07) is 12.3. The van der Waals surface area contributed by atoms with Gasteiger partial charge >= 0.3 is 0 Å². The lowest BCUT2D eigenvalue weighted by Crippen LogP contribution is -2.49. The molecule has 0 aliphatic heterocycles. The Kier molecular flexibility index (Phi) is 11.4. The van der Waals surface area contributed by atoms with Crippen LogP contribution in [0.5, 0.6) is 0 Å². The zero-order valence-electron chi connectivity index (χ0n) is 21.7. The molecular formula is C27H38FN3O4S. The molecule has 0 heterocycles. The third-order valence-corrected chi connectivity index (χ3v) is 7.15. The lowest BCUT2D eigenvalue weighted by Gasteiger charge is -2.31. The van der Waals surface area contributed by atoms with Crippen molar-refractivity contribution in [3.63, 3.8) is 0 Å². The second-order valence-electron chi connectivity index (χ2n) is 8.99. The van der Waals surface area contributed by atoms with Crippen molar-refractivity contribution >= 4 is 27.5 Å². The number of aryl methyl sites for hydroxylation is 1. The molecule has 1 N–H and O–H groups in total.